The second-order valence-electron chi connectivity index (χ2n) is 14.3. The minimum atomic E-state index is -0.622. The van der Waals surface area contributed by atoms with Crippen LogP contribution in [0.3, 0.4) is 0 Å². The maximum absolute atomic E-state index is 13.9. The van der Waals surface area contributed by atoms with Crippen LogP contribution >= 0.6 is 0 Å². The standard InChI is InChI=1S/C50H30N4O8/c55-43-33-17-9-21-37(41(33)45(57)31-15-7-19-35(39(31)43)51-47(59)27-11-3-1-4-12-27)53-49(61)29-23-25-30(26-24-29)50(62)54-38-22-10-18-34-42(38)46(58)32-16-8-20-36(40(32)44(34)56)52-48(60)28-13-5-2-6-14-28/h1-26H,(H,51,59)(H,52,60)(H,53,61)(H,54,62). The van der Waals surface area contributed by atoms with E-state index in [9.17, 15) is 39.0 Å². The Balaban J connectivity index is 0.929. The van der Waals surface area contributed by atoms with Crippen molar-refractivity contribution in [2.45, 2.75) is 0 Å². The Morgan fingerprint density at radius 3 is 1.05 bits per heavy atom. The first-order chi connectivity index (χ1) is 30.1. The molecule has 298 valence electrons. The summed E-state index contributed by atoms with van der Waals surface area (Å²) in [4.78, 5) is 91.3. The summed E-state index contributed by atoms with van der Waals surface area (Å²) in [6.07, 6.45) is 0. The predicted octanol–water partition coefficient (Wildman–Crippen LogP) is 9.01. The fourth-order valence-electron chi connectivity index (χ4n) is 7.54. The van der Waals surface area contributed by atoms with Crippen LogP contribution in [0.5, 0.6) is 0 Å². The number of carbonyl (C=O) groups excluding carboxylic acids is 6. The molecule has 9 rings (SSSR count). The maximum atomic E-state index is 13.9. The van der Waals surface area contributed by atoms with Crippen LogP contribution in [0.2, 0.25) is 0 Å². The van der Waals surface area contributed by atoms with Gasteiger partial charge in [0.05, 0.1) is 45.0 Å². The first kappa shape index (κ1) is 38.6. The zero-order chi connectivity index (χ0) is 43.1. The monoisotopic (exact) mass is 814 g/mol. The van der Waals surface area contributed by atoms with Gasteiger partial charge in [-0.2, -0.15) is 0 Å². The predicted molar refractivity (Wildman–Crippen MR) is 232 cm³/mol. The van der Waals surface area contributed by atoms with Crippen LogP contribution in [-0.4, -0.2) is 57.0 Å². The molecule has 7 aromatic rings. The molecule has 2 amide bonds. The Hall–Kier alpha value is -8.90. The van der Waals surface area contributed by atoms with Crippen molar-refractivity contribution >= 4 is 69.5 Å². The van der Waals surface area contributed by atoms with Gasteiger partial charge < -0.3 is 20.8 Å². The van der Waals surface area contributed by atoms with Gasteiger partial charge in [0.15, 0.2) is 23.1 Å². The van der Waals surface area contributed by atoms with Crippen molar-refractivity contribution in [1.82, 2.24) is 0 Å². The van der Waals surface area contributed by atoms with Crippen LogP contribution in [0.25, 0.3) is 0 Å². The summed E-state index contributed by atoms with van der Waals surface area (Å²) in [5.74, 6) is -3.94. The van der Waals surface area contributed by atoms with E-state index in [1.165, 1.54) is 84.9 Å². The summed E-state index contributed by atoms with van der Waals surface area (Å²) in [5.41, 5.74) is 1.84. The number of aliphatic hydroxyl groups excluding tert-OH is 2. The average Bonchev–Trinajstić information content (AvgIpc) is 3.30. The maximum Gasteiger partial charge on any atom is 0.255 e. The van der Waals surface area contributed by atoms with E-state index < -0.39 is 34.9 Å². The molecule has 0 unspecified atom stereocenters. The highest BCUT2D eigenvalue weighted by molar-refractivity contribution is 6.33. The number of aliphatic hydroxyl groups is 2. The molecule has 2 aliphatic rings. The summed E-state index contributed by atoms with van der Waals surface area (Å²) in [7, 11) is 0. The van der Waals surface area contributed by atoms with Crippen LogP contribution in [0, 0.1) is 0 Å². The number of hydrogen-bond donors (Lipinski definition) is 4. The van der Waals surface area contributed by atoms with Crippen LogP contribution < -0.4 is 10.6 Å². The van der Waals surface area contributed by atoms with E-state index in [4.69, 9.17) is 0 Å². The third kappa shape index (κ3) is 6.82. The minimum absolute atomic E-state index is 0.00103. The molecule has 4 N–H and O–H groups in total. The highest BCUT2D eigenvalue weighted by Crippen LogP contribution is 2.38. The Labute approximate surface area is 352 Å². The van der Waals surface area contributed by atoms with Gasteiger partial charge in [-0.25, -0.2) is 9.98 Å². The molecule has 12 heteroatoms. The molecule has 0 aromatic heterocycles. The van der Waals surface area contributed by atoms with Crippen molar-refractivity contribution in [3.63, 3.8) is 0 Å². The van der Waals surface area contributed by atoms with Crippen LogP contribution in [0.15, 0.2) is 168 Å². The second kappa shape index (κ2) is 15.7. The number of ketones is 4. The molecule has 0 fully saturated rings. The zero-order valence-electron chi connectivity index (χ0n) is 32.2. The highest BCUT2D eigenvalue weighted by Gasteiger charge is 2.36. The lowest BCUT2D eigenvalue weighted by atomic mass is 9.82. The fourth-order valence-corrected chi connectivity index (χ4v) is 7.54. The number of hydrogen-bond acceptors (Lipinski definition) is 8. The lowest BCUT2D eigenvalue weighted by Crippen LogP contribution is -2.24. The Morgan fingerprint density at radius 2 is 0.677 bits per heavy atom. The molecule has 0 bridgehead atoms. The lowest BCUT2D eigenvalue weighted by molar-refractivity contribution is 0.0978. The molecule has 7 aromatic carbocycles. The lowest BCUT2D eigenvalue weighted by Gasteiger charge is -2.21. The zero-order valence-corrected chi connectivity index (χ0v) is 32.2. The summed E-state index contributed by atoms with van der Waals surface area (Å²) >= 11 is 0. The van der Waals surface area contributed by atoms with Gasteiger partial charge in [0.2, 0.25) is 11.8 Å². The Bertz CT molecular complexity index is 2930. The molecule has 0 heterocycles. The van der Waals surface area contributed by atoms with E-state index in [1.54, 1.807) is 72.8 Å². The molecule has 0 aliphatic heterocycles. The van der Waals surface area contributed by atoms with E-state index in [0.717, 1.165) is 0 Å². The van der Waals surface area contributed by atoms with Crippen LogP contribution in [0.1, 0.15) is 95.5 Å². The van der Waals surface area contributed by atoms with Gasteiger partial charge in [-0.1, -0.05) is 84.9 Å². The molecule has 0 radical (unpaired) electrons. The smallest absolute Gasteiger partial charge is 0.255 e. The van der Waals surface area contributed by atoms with Gasteiger partial charge in [-0.15, -0.1) is 0 Å². The number of anilines is 2. The van der Waals surface area contributed by atoms with Crippen molar-refractivity contribution in [1.29, 1.82) is 0 Å². The van der Waals surface area contributed by atoms with Gasteiger partial charge >= 0.3 is 0 Å². The third-order valence-corrected chi connectivity index (χ3v) is 10.5. The van der Waals surface area contributed by atoms with E-state index in [0.29, 0.717) is 11.1 Å². The van der Waals surface area contributed by atoms with Crippen molar-refractivity contribution in [3.8, 4) is 0 Å². The summed E-state index contributed by atoms with van der Waals surface area (Å²) in [6.45, 7) is 0. The van der Waals surface area contributed by atoms with Gasteiger partial charge in [0, 0.05) is 44.5 Å². The number of carbonyl (C=O) groups is 6. The first-order valence-corrected chi connectivity index (χ1v) is 19.2. The molecule has 0 saturated carbocycles. The van der Waals surface area contributed by atoms with Crippen LogP contribution in [0.4, 0.5) is 22.7 Å². The molecule has 0 saturated heterocycles. The van der Waals surface area contributed by atoms with E-state index in [-0.39, 0.29) is 90.2 Å². The van der Waals surface area contributed by atoms with E-state index in [1.807, 2.05) is 0 Å². The molecule has 62 heavy (non-hydrogen) atoms. The molecule has 2 aliphatic carbocycles. The SMILES string of the molecule is O=C(Nc1cccc2c1C(=O)c1cccc(N=C(O)c3ccccc3)c1C2=O)c1ccc(C(=O)Nc2cccc3c2C(=O)c2cccc(N=C(O)c4ccccc4)c2C3=O)cc1. The Kier molecular flexibility index (Phi) is 9.77. The summed E-state index contributed by atoms with van der Waals surface area (Å²) in [6, 6.07) is 40.9. The van der Waals surface area contributed by atoms with Gasteiger partial charge in [0.1, 0.15) is 0 Å². The molecule has 0 spiro atoms. The molecular formula is C50H30N4O8. The number of nitrogens with zero attached hydrogens (tertiary/aromatic N) is 2. The summed E-state index contributed by atoms with van der Waals surface area (Å²) < 4.78 is 0. The van der Waals surface area contributed by atoms with Gasteiger partial charge in [0.25, 0.3) is 11.8 Å². The van der Waals surface area contributed by atoms with Gasteiger partial charge in [-0.05, 0) is 72.8 Å². The van der Waals surface area contributed by atoms with Crippen LogP contribution in [-0.2, 0) is 0 Å². The number of fused-ring (bicyclic) bond motifs is 4. The number of nitrogens with one attached hydrogen (secondary N) is 2. The highest BCUT2D eigenvalue weighted by atomic mass is 16.3. The van der Waals surface area contributed by atoms with E-state index in [2.05, 4.69) is 20.6 Å². The van der Waals surface area contributed by atoms with Crippen molar-refractivity contribution in [3.05, 3.63) is 224 Å². The molecule has 12 nitrogen and oxygen atoms in total. The quantitative estimate of drug-likeness (QED) is 0.0863. The second-order valence-corrected chi connectivity index (χ2v) is 14.3. The number of rotatable bonds is 8. The molecule has 0 atom stereocenters. The topological polar surface area (TPSA) is 192 Å². The first-order valence-electron chi connectivity index (χ1n) is 19.2. The van der Waals surface area contributed by atoms with Crippen molar-refractivity contribution < 1.29 is 39.0 Å². The fraction of sp³-hybridized carbons (Fsp3) is 0. The third-order valence-electron chi connectivity index (χ3n) is 10.5. The Morgan fingerprint density at radius 1 is 0.355 bits per heavy atom. The molecular weight excluding hydrogens is 785 g/mol. The number of benzene rings is 7. The number of amides is 2. The number of aliphatic imine (C=N–C) groups is 2. The largest absolute Gasteiger partial charge is 0.493 e. The normalized spacial score (nSPS) is 13.1. The average molecular weight is 815 g/mol. The van der Waals surface area contributed by atoms with Crippen molar-refractivity contribution in [2.75, 3.05) is 10.6 Å². The van der Waals surface area contributed by atoms with Crippen molar-refractivity contribution in [2.24, 2.45) is 9.98 Å². The van der Waals surface area contributed by atoms with E-state index >= 15 is 0 Å². The minimum Gasteiger partial charge on any atom is -0.493 e. The van der Waals surface area contributed by atoms with Gasteiger partial charge in [-0.3, -0.25) is 28.8 Å². The summed E-state index contributed by atoms with van der Waals surface area (Å²) in [5, 5.41) is 26.8.